The third kappa shape index (κ3) is 10.8. The monoisotopic (exact) mass is 465 g/mol. The van der Waals surface area contributed by atoms with Crippen LogP contribution in [0, 0.1) is 5.92 Å². The predicted octanol–water partition coefficient (Wildman–Crippen LogP) is 3.72. The van der Waals surface area contributed by atoms with E-state index in [2.05, 4.69) is 12.2 Å². The van der Waals surface area contributed by atoms with Crippen molar-refractivity contribution in [3.8, 4) is 11.5 Å². The summed E-state index contributed by atoms with van der Waals surface area (Å²) < 4.78 is 11.5. The summed E-state index contributed by atoms with van der Waals surface area (Å²) >= 11 is 0. The Morgan fingerprint density at radius 1 is 1.18 bits per heavy atom. The van der Waals surface area contributed by atoms with Crippen LogP contribution >= 0.6 is 0 Å². The van der Waals surface area contributed by atoms with Gasteiger partial charge >= 0.3 is 5.97 Å². The fourth-order valence-corrected chi connectivity index (χ4v) is 4.47. The molecule has 1 aliphatic rings. The third-order valence-corrected chi connectivity index (χ3v) is 6.48. The number of aryl methyl sites for hydroxylation is 1. The van der Waals surface area contributed by atoms with Crippen LogP contribution in [0.5, 0.6) is 11.5 Å². The van der Waals surface area contributed by atoms with Crippen LogP contribution in [-0.2, 0) is 16.0 Å². The van der Waals surface area contributed by atoms with Gasteiger partial charge in [0.2, 0.25) is 0 Å². The van der Waals surface area contributed by atoms with Crippen LogP contribution in [0.3, 0.4) is 0 Å². The summed E-state index contributed by atoms with van der Waals surface area (Å²) in [4.78, 5) is 11.6. The lowest BCUT2D eigenvalue weighted by atomic mass is 9.92. The lowest BCUT2D eigenvalue weighted by Gasteiger charge is -2.24. The Morgan fingerprint density at radius 2 is 1.94 bits per heavy atom. The van der Waals surface area contributed by atoms with Gasteiger partial charge in [-0.1, -0.05) is 19.4 Å². The first-order valence-corrected chi connectivity index (χ1v) is 12.6. The molecule has 0 spiro atoms. The van der Waals surface area contributed by atoms with Crippen molar-refractivity contribution in [1.29, 1.82) is 0 Å². The summed E-state index contributed by atoms with van der Waals surface area (Å²) in [6, 6.07) is 5.38. The molecule has 4 N–H and O–H groups in total. The Balaban J connectivity index is 1.88. The Kier molecular flexibility index (Phi) is 12.6. The van der Waals surface area contributed by atoms with E-state index in [-0.39, 0.29) is 30.5 Å². The van der Waals surface area contributed by atoms with E-state index in [1.807, 2.05) is 12.1 Å². The zero-order chi connectivity index (χ0) is 24.1. The molecule has 2 rings (SSSR count). The van der Waals surface area contributed by atoms with E-state index in [9.17, 15) is 15.0 Å². The molecule has 3 unspecified atom stereocenters. The van der Waals surface area contributed by atoms with Crippen molar-refractivity contribution >= 4 is 5.97 Å². The molecule has 1 aromatic carbocycles. The first-order chi connectivity index (χ1) is 15.9. The van der Waals surface area contributed by atoms with E-state index in [0.29, 0.717) is 37.4 Å². The van der Waals surface area contributed by atoms with E-state index >= 15 is 0 Å². The topological polar surface area (TPSA) is 108 Å². The SMILES string of the molecule is CCC(CCCO)CCC(O)CC(CCc1ccc(O)c(OC2CCNCC2)c1)OC(C)=O. The second-order valence-electron chi connectivity index (χ2n) is 9.25. The second kappa shape index (κ2) is 15.1. The van der Waals surface area contributed by atoms with Crippen molar-refractivity contribution in [1.82, 2.24) is 5.32 Å². The number of benzene rings is 1. The minimum atomic E-state index is -0.531. The van der Waals surface area contributed by atoms with Crippen molar-refractivity contribution in [2.75, 3.05) is 19.7 Å². The fourth-order valence-electron chi connectivity index (χ4n) is 4.47. The van der Waals surface area contributed by atoms with Gasteiger partial charge < -0.3 is 30.1 Å². The largest absolute Gasteiger partial charge is 0.504 e. The number of phenolic OH excluding ortho intramolecular Hbond substituents is 1. The molecule has 1 fully saturated rings. The summed E-state index contributed by atoms with van der Waals surface area (Å²) in [5, 5.41) is 33.1. The number of carbonyl (C=O) groups is 1. The lowest BCUT2D eigenvalue weighted by molar-refractivity contribution is -0.148. The van der Waals surface area contributed by atoms with Gasteiger partial charge in [0.1, 0.15) is 12.2 Å². The number of aliphatic hydroxyl groups is 2. The van der Waals surface area contributed by atoms with E-state index in [1.165, 1.54) is 6.92 Å². The van der Waals surface area contributed by atoms with Gasteiger partial charge in [0.15, 0.2) is 11.5 Å². The van der Waals surface area contributed by atoms with Crippen LogP contribution in [0.15, 0.2) is 18.2 Å². The first kappa shape index (κ1) is 27.4. The van der Waals surface area contributed by atoms with Crippen LogP contribution in [0.2, 0.25) is 0 Å². The van der Waals surface area contributed by atoms with Crippen LogP contribution < -0.4 is 10.1 Å². The highest BCUT2D eigenvalue weighted by atomic mass is 16.5. The second-order valence-corrected chi connectivity index (χ2v) is 9.25. The summed E-state index contributed by atoms with van der Waals surface area (Å²) in [5.41, 5.74) is 0.999. The van der Waals surface area contributed by atoms with Crippen molar-refractivity contribution in [2.24, 2.45) is 5.92 Å². The number of hydrogen-bond donors (Lipinski definition) is 4. The maximum atomic E-state index is 11.6. The van der Waals surface area contributed by atoms with Crippen LogP contribution in [-0.4, -0.2) is 59.3 Å². The van der Waals surface area contributed by atoms with Crippen LogP contribution in [0.4, 0.5) is 0 Å². The summed E-state index contributed by atoms with van der Waals surface area (Å²) in [5.74, 6) is 0.782. The molecule has 0 aromatic heterocycles. The number of piperidine rings is 1. The maximum Gasteiger partial charge on any atom is 0.302 e. The Labute approximate surface area is 198 Å². The molecule has 0 saturated carbocycles. The maximum absolute atomic E-state index is 11.6. The zero-order valence-corrected chi connectivity index (χ0v) is 20.3. The van der Waals surface area contributed by atoms with E-state index in [4.69, 9.17) is 14.6 Å². The number of aromatic hydroxyl groups is 1. The van der Waals surface area contributed by atoms with Crippen molar-refractivity contribution in [3.05, 3.63) is 23.8 Å². The van der Waals surface area contributed by atoms with Gasteiger partial charge in [0.25, 0.3) is 0 Å². The quantitative estimate of drug-likeness (QED) is 0.292. The molecule has 0 bridgehead atoms. The number of rotatable bonds is 15. The van der Waals surface area contributed by atoms with E-state index < -0.39 is 6.10 Å². The molecule has 3 atom stereocenters. The van der Waals surface area contributed by atoms with Crippen LogP contribution in [0.1, 0.15) is 77.2 Å². The molecular weight excluding hydrogens is 422 g/mol. The van der Waals surface area contributed by atoms with Gasteiger partial charge in [-0.15, -0.1) is 0 Å². The lowest BCUT2D eigenvalue weighted by Crippen LogP contribution is -2.34. The van der Waals surface area contributed by atoms with Crippen molar-refractivity contribution < 1.29 is 29.6 Å². The van der Waals surface area contributed by atoms with Crippen molar-refractivity contribution in [2.45, 2.75) is 96.4 Å². The molecule has 33 heavy (non-hydrogen) atoms. The molecule has 7 heteroatoms. The number of hydrogen-bond acceptors (Lipinski definition) is 7. The highest BCUT2D eigenvalue weighted by Gasteiger charge is 2.20. The highest BCUT2D eigenvalue weighted by Crippen LogP contribution is 2.30. The van der Waals surface area contributed by atoms with Gasteiger partial charge in [-0.25, -0.2) is 0 Å². The van der Waals surface area contributed by atoms with Gasteiger partial charge in [-0.3, -0.25) is 4.79 Å². The molecule has 1 aliphatic heterocycles. The smallest absolute Gasteiger partial charge is 0.302 e. The number of aliphatic hydroxyl groups excluding tert-OH is 2. The normalized spacial score (nSPS) is 17.3. The molecule has 188 valence electrons. The molecule has 1 heterocycles. The fraction of sp³-hybridized carbons (Fsp3) is 0.731. The number of carbonyl (C=O) groups excluding carboxylic acids is 1. The van der Waals surface area contributed by atoms with Crippen LogP contribution in [0.25, 0.3) is 0 Å². The highest BCUT2D eigenvalue weighted by molar-refractivity contribution is 5.66. The molecule has 1 aromatic rings. The first-order valence-electron chi connectivity index (χ1n) is 12.6. The number of nitrogens with one attached hydrogen (secondary N) is 1. The Bertz CT molecular complexity index is 691. The minimum absolute atomic E-state index is 0.0978. The van der Waals surface area contributed by atoms with Gasteiger partial charge in [0, 0.05) is 20.0 Å². The molecule has 0 radical (unpaired) electrons. The van der Waals surface area contributed by atoms with Gasteiger partial charge in [-0.2, -0.15) is 0 Å². The van der Waals surface area contributed by atoms with E-state index in [1.54, 1.807) is 6.07 Å². The average molecular weight is 466 g/mol. The number of ether oxygens (including phenoxy) is 2. The summed E-state index contributed by atoms with van der Waals surface area (Å²) in [6.07, 6.45) is 7.04. The third-order valence-electron chi connectivity index (χ3n) is 6.48. The average Bonchev–Trinajstić information content (AvgIpc) is 2.80. The molecule has 0 amide bonds. The molecule has 1 saturated heterocycles. The number of phenols is 1. The minimum Gasteiger partial charge on any atom is -0.504 e. The predicted molar refractivity (Wildman–Crippen MR) is 128 cm³/mol. The van der Waals surface area contributed by atoms with E-state index in [0.717, 1.165) is 57.2 Å². The standard InChI is InChI=1S/C26H43NO6/c1-3-20(5-4-16-28)6-9-22(30)18-24(32-19(2)29)10-7-21-8-11-25(31)26(17-21)33-23-12-14-27-15-13-23/h8,11,17,20,22-24,27-28,30-31H,3-7,9-10,12-16,18H2,1-2H3. The summed E-state index contributed by atoms with van der Waals surface area (Å²) in [6.45, 7) is 5.56. The molecular formula is C26H43NO6. The van der Waals surface area contributed by atoms with Crippen molar-refractivity contribution in [3.63, 3.8) is 0 Å². The number of esters is 1. The van der Waals surface area contributed by atoms with Gasteiger partial charge in [0.05, 0.1) is 6.10 Å². The zero-order valence-electron chi connectivity index (χ0n) is 20.3. The Hall–Kier alpha value is -1.83. The molecule has 7 nitrogen and oxygen atoms in total. The summed E-state index contributed by atoms with van der Waals surface area (Å²) in [7, 11) is 0. The molecule has 0 aliphatic carbocycles. The van der Waals surface area contributed by atoms with Gasteiger partial charge in [-0.05, 0) is 88.1 Å². The Morgan fingerprint density at radius 3 is 2.61 bits per heavy atom.